The smallest absolute Gasteiger partial charge is 0.305 e. The minimum absolute atomic E-state index is 0.0480. The van der Waals surface area contributed by atoms with Crippen molar-refractivity contribution in [1.29, 1.82) is 0 Å². The third-order valence-corrected chi connectivity index (χ3v) is 10.1. The molecule has 2 atom stereocenters. The van der Waals surface area contributed by atoms with Crippen molar-refractivity contribution in [3.8, 4) is 0 Å². The molecule has 0 bridgehead atoms. The number of carboxylic acids is 1. The zero-order valence-corrected chi connectivity index (χ0v) is 23.9. The van der Waals surface area contributed by atoms with Crippen LogP contribution in [0, 0.1) is 19.8 Å². The summed E-state index contributed by atoms with van der Waals surface area (Å²) in [4.78, 5) is 40.1. The molecule has 0 spiro atoms. The molecule has 14 heteroatoms. The minimum atomic E-state index is -4.34. The van der Waals surface area contributed by atoms with Crippen LogP contribution in [0.15, 0.2) is 27.6 Å². The van der Waals surface area contributed by atoms with Gasteiger partial charge in [-0.15, -0.1) is 0 Å². The van der Waals surface area contributed by atoms with E-state index < -0.39 is 40.0 Å². The predicted octanol–water partition coefficient (Wildman–Crippen LogP) is 3.61. The van der Waals surface area contributed by atoms with Crippen molar-refractivity contribution >= 4 is 51.0 Å². The van der Waals surface area contributed by atoms with Crippen molar-refractivity contribution in [2.45, 2.75) is 69.5 Å². The highest BCUT2D eigenvalue weighted by Gasteiger charge is 2.49. The van der Waals surface area contributed by atoms with Gasteiger partial charge in [-0.3, -0.25) is 14.4 Å². The van der Waals surface area contributed by atoms with Crippen molar-refractivity contribution < 1.29 is 32.4 Å². The van der Waals surface area contributed by atoms with Crippen LogP contribution in [0.3, 0.4) is 0 Å². The summed E-state index contributed by atoms with van der Waals surface area (Å²) in [6, 6.07) is 3.50. The topological polar surface area (TPSA) is 150 Å². The van der Waals surface area contributed by atoms with E-state index in [4.69, 9.17) is 27.7 Å². The molecule has 1 aliphatic heterocycles. The molecule has 2 N–H and O–H groups in total. The van der Waals surface area contributed by atoms with Gasteiger partial charge in [0.25, 0.3) is 21.8 Å². The number of hydrogen-bond acceptors (Lipinski definition) is 7. The SMILES string of the molecule is Cc1noc(C)c1S(=O)(=O)N1CCN(C(=O)c2ccc(Cl)c(Cl)c2)C1C(=O)NC(CC(=O)O)C1CCCCC1. The molecule has 0 radical (unpaired) electrons. The first-order valence-corrected chi connectivity index (χ1v) is 14.8. The van der Waals surface area contributed by atoms with Crippen LogP contribution in [0.4, 0.5) is 0 Å². The Hall–Kier alpha value is -2.67. The Morgan fingerprint density at radius 1 is 1.13 bits per heavy atom. The molecule has 1 aromatic carbocycles. The molecule has 4 rings (SSSR count). The molecule has 1 aliphatic carbocycles. The summed E-state index contributed by atoms with van der Waals surface area (Å²) >= 11 is 12.1. The Labute approximate surface area is 236 Å². The lowest BCUT2D eigenvalue weighted by molar-refractivity contribution is -0.138. The molecule has 2 fully saturated rings. The lowest BCUT2D eigenvalue weighted by Gasteiger charge is -2.34. The van der Waals surface area contributed by atoms with Gasteiger partial charge in [-0.1, -0.05) is 47.6 Å². The van der Waals surface area contributed by atoms with E-state index in [0.717, 1.165) is 41.3 Å². The molecule has 212 valence electrons. The predicted molar refractivity (Wildman–Crippen MR) is 142 cm³/mol. The van der Waals surface area contributed by atoms with Crippen molar-refractivity contribution in [1.82, 2.24) is 19.7 Å². The third kappa shape index (κ3) is 6.08. The average Bonchev–Trinajstić information content (AvgIpc) is 3.49. The Morgan fingerprint density at radius 3 is 2.41 bits per heavy atom. The van der Waals surface area contributed by atoms with E-state index in [-0.39, 0.29) is 57.4 Å². The maximum Gasteiger partial charge on any atom is 0.305 e. The Balaban J connectivity index is 1.72. The lowest BCUT2D eigenvalue weighted by Crippen LogP contribution is -2.56. The van der Waals surface area contributed by atoms with E-state index in [0.29, 0.717) is 0 Å². The number of halogens is 2. The molecule has 1 saturated heterocycles. The quantitative estimate of drug-likeness (QED) is 0.466. The van der Waals surface area contributed by atoms with Crippen LogP contribution < -0.4 is 5.32 Å². The standard InChI is InChI=1S/C25H30Cl2N4O7S/c1-14-22(15(2)38-29-14)39(36,37)31-11-10-30(25(35)17-8-9-18(26)19(27)12-17)24(31)23(34)28-20(13-21(32)33)16-6-4-3-5-7-16/h8-9,12,16,20,24H,3-7,10-11,13H2,1-2H3,(H,28,34)(H,32,33). The van der Waals surface area contributed by atoms with Gasteiger partial charge in [0.15, 0.2) is 11.9 Å². The van der Waals surface area contributed by atoms with Crippen molar-refractivity contribution in [2.75, 3.05) is 13.1 Å². The second-order valence-corrected chi connectivity index (χ2v) is 12.5. The van der Waals surface area contributed by atoms with Gasteiger partial charge in [0.2, 0.25) is 0 Å². The van der Waals surface area contributed by atoms with E-state index >= 15 is 0 Å². The molecular weight excluding hydrogens is 571 g/mol. The van der Waals surface area contributed by atoms with E-state index in [9.17, 15) is 27.9 Å². The van der Waals surface area contributed by atoms with Crippen LogP contribution in [-0.2, 0) is 19.6 Å². The fraction of sp³-hybridized carbons (Fsp3) is 0.520. The fourth-order valence-electron chi connectivity index (χ4n) is 5.42. The van der Waals surface area contributed by atoms with E-state index in [2.05, 4.69) is 10.5 Å². The van der Waals surface area contributed by atoms with Gasteiger partial charge < -0.3 is 19.8 Å². The molecule has 2 heterocycles. The van der Waals surface area contributed by atoms with E-state index in [1.165, 1.54) is 32.0 Å². The van der Waals surface area contributed by atoms with Gasteiger partial charge >= 0.3 is 5.97 Å². The Kier molecular flexibility index (Phi) is 8.89. The fourth-order valence-corrected chi connectivity index (χ4v) is 7.55. The largest absolute Gasteiger partial charge is 0.481 e. The second-order valence-electron chi connectivity index (χ2n) is 9.88. The van der Waals surface area contributed by atoms with Crippen LogP contribution >= 0.6 is 23.2 Å². The summed E-state index contributed by atoms with van der Waals surface area (Å²) < 4.78 is 33.6. The minimum Gasteiger partial charge on any atom is -0.481 e. The molecular formula is C25H30Cl2N4O7S. The number of carbonyl (C=O) groups is 3. The number of rotatable bonds is 8. The van der Waals surface area contributed by atoms with Crippen LogP contribution in [0.2, 0.25) is 10.0 Å². The van der Waals surface area contributed by atoms with E-state index in [1.54, 1.807) is 0 Å². The maximum atomic E-state index is 13.9. The number of carboxylic acid groups (broad SMARTS) is 1. The molecule has 1 saturated carbocycles. The number of benzene rings is 1. The molecule has 2 aliphatic rings. The zero-order chi connectivity index (χ0) is 28.5. The van der Waals surface area contributed by atoms with Gasteiger partial charge in [-0.2, -0.15) is 4.31 Å². The van der Waals surface area contributed by atoms with Crippen molar-refractivity contribution in [3.63, 3.8) is 0 Å². The average molecular weight is 602 g/mol. The molecule has 1 aromatic heterocycles. The van der Waals surface area contributed by atoms with Gasteiger partial charge in [-0.25, -0.2) is 8.42 Å². The Bertz CT molecular complexity index is 1350. The van der Waals surface area contributed by atoms with Gasteiger partial charge in [-0.05, 0) is 50.8 Å². The maximum absolute atomic E-state index is 13.9. The number of carbonyl (C=O) groups excluding carboxylic acids is 2. The summed E-state index contributed by atoms with van der Waals surface area (Å²) in [6.07, 6.45) is 2.45. The van der Waals surface area contributed by atoms with Crippen LogP contribution in [0.25, 0.3) is 0 Å². The number of hydrogen-bond donors (Lipinski definition) is 2. The first-order chi connectivity index (χ1) is 18.4. The summed E-state index contributed by atoms with van der Waals surface area (Å²) in [5.74, 6) is -2.52. The molecule has 2 aromatic rings. The Morgan fingerprint density at radius 2 is 1.82 bits per heavy atom. The number of nitrogens with one attached hydrogen (secondary N) is 1. The van der Waals surface area contributed by atoms with Gasteiger partial charge in [0, 0.05) is 24.7 Å². The summed E-state index contributed by atoms with van der Waals surface area (Å²) in [7, 11) is -4.34. The number of amides is 2. The highest BCUT2D eigenvalue weighted by Crippen LogP contribution is 2.32. The molecule has 2 unspecified atom stereocenters. The first-order valence-electron chi connectivity index (χ1n) is 12.6. The van der Waals surface area contributed by atoms with E-state index in [1.807, 2.05) is 0 Å². The normalized spacial score (nSPS) is 19.7. The first kappa shape index (κ1) is 29.3. The number of aryl methyl sites for hydroxylation is 2. The third-order valence-electron chi connectivity index (χ3n) is 7.27. The highest BCUT2D eigenvalue weighted by molar-refractivity contribution is 7.89. The highest BCUT2D eigenvalue weighted by atomic mass is 35.5. The van der Waals surface area contributed by atoms with Crippen LogP contribution in [-0.4, -0.2) is 71.0 Å². The monoisotopic (exact) mass is 600 g/mol. The number of aliphatic carboxylic acids is 1. The van der Waals surface area contributed by atoms with Crippen molar-refractivity contribution in [2.24, 2.45) is 5.92 Å². The summed E-state index contributed by atoms with van der Waals surface area (Å²) in [5, 5.41) is 16.4. The number of aromatic nitrogens is 1. The zero-order valence-electron chi connectivity index (χ0n) is 21.5. The van der Waals surface area contributed by atoms with Gasteiger partial charge in [0.05, 0.1) is 16.5 Å². The number of nitrogens with zero attached hydrogens (tertiary/aromatic N) is 3. The lowest BCUT2D eigenvalue weighted by atomic mass is 9.82. The van der Waals surface area contributed by atoms with Crippen LogP contribution in [0.1, 0.15) is 60.3 Å². The number of sulfonamides is 1. The van der Waals surface area contributed by atoms with Gasteiger partial charge in [0.1, 0.15) is 10.6 Å². The van der Waals surface area contributed by atoms with Crippen molar-refractivity contribution in [3.05, 3.63) is 45.3 Å². The molecule has 39 heavy (non-hydrogen) atoms. The molecule has 11 nitrogen and oxygen atoms in total. The summed E-state index contributed by atoms with van der Waals surface area (Å²) in [6.45, 7) is 2.65. The second kappa shape index (κ2) is 11.8. The summed E-state index contributed by atoms with van der Waals surface area (Å²) in [5.41, 5.74) is 0.236. The molecule has 2 amide bonds. The van der Waals surface area contributed by atoms with Crippen LogP contribution in [0.5, 0.6) is 0 Å².